The summed E-state index contributed by atoms with van der Waals surface area (Å²) in [5.41, 5.74) is 5.29. The van der Waals surface area contributed by atoms with E-state index in [4.69, 9.17) is 0 Å². The third-order valence-corrected chi connectivity index (χ3v) is 5.75. The molecular formula is C25H26N4O2. The van der Waals surface area contributed by atoms with E-state index in [1.54, 1.807) is 0 Å². The molecule has 1 N–H and O–H groups in total. The highest BCUT2D eigenvalue weighted by molar-refractivity contribution is 5.91. The number of para-hydroxylation sites is 2. The fraction of sp³-hybridized carbons (Fsp3) is 0.240. The maximum absolute atomic E-state index is 13.2. The van der Waals surface area contributed by atoms with E-state index in [9.17, 15) is 9.59 Å². The molecule has 0 aliphatic heterocycles. The average molecular weight is 415 g/mol. The fourth-order valence-electron chi connectivity index (χ4n) is 3.92. The van der Waals surface area contributed by atoms with Gasteiger partial charge in [-0.15, -0.1) is 0 Å². The summed E-state index contributed by atoms with van der Waals surface area (Å²) >= 11 is 0. The minimum atomic E-state index is -0.123. The standard InChI is InChI=1S/C25H26N4O2/c1-4-19-10-8-9-13-21(19)27-22(30)14-15-28-16-26-24-23(25(28)31)17(2)18(3)29(24)20-11-6-5-7-12-20/h5-13,16H,4,14-15H2,1-3H3,(H,27,30). The average Bonchev–Trinajstić information content (AvgIpc) is 3.05. The molecular weight excluding hydrogens is 388 g/mol. The Morgan fingerprint density at radius 3 is 2.48 bits per heavy atom. The summed E-state index contributed by atoms with van der Waals surface area (Å²) < 4.78 is 3.53. The van der Waals surface area contributed by atoms with Crippen LogP contribution in [0.2, 0.25) is 0 Å². The molecule has 6 heteroatoms. The monoisotopic (exact) mass is 414 g/mol. The molecule has 0 atom stereocenters. The first kappa shape index (κ1) is 20.6. The molecule has 0 fully saturated rings. The Kier molecular flexibility index (Phi) is 5.71. The van der Waals surface area contributed by atoms with Gasteiger partial charge in [0.05, 0.1) is 11.7 Å². The number of anilines is 1. The first-order valence-electron chi connectivity index (χ1n) is 10.5. The molecule has 1 amide bonds. The Morgan fingerprint density at radius 2 is 1.74 bits per heavy atom. The molecule has 4 rings (SSSR count). The number of fused-ring (bicyclic) bond motifs is 1. The van der Waals surface area contributed by atoms with Gasteiger partial charge in [0, 0.05) is 30.0 Å². The van der Waals surface area contributed by atoms with Crippen molar-refractivity contribution in [3.05, 3.63) is 88.1 Å². The van der Waals surface area contributed by atoms with Gasteiger partial charge in [0.2, 0.25) is 5.91 Å². The van der Waals surface area contributed by atoms with E-state index in [0.717, 1.165) is 34.6 Å². The van der Waals surface area contributed by atoms with Crippen LogP contribution in [0.5, 0.6) is 0 Å². The van der Waals surface area contributed by atoms with Crippen molar-refractivity contribution in [3.8, 4) is 5.69 Å². The van der Waals surface area contributed by atoms with Crippen LogP contribution in [0, 0.1) is 13.8 Å². The van der Waals surface area contributed by atoms with Crippen LogP contribution in [0.15, 0.2) is 65.7 Å². The number of nitrogens with zero attached hydrogens (tertiary/aromatic N) is 3. The number of hydrogen-bond donors (Lipinski definition) is 1. The van der Waals surface area contributed by atoms with Gasteiger partial charge in [0.1, 0.15) is 0 Å². The molecule has 0 aliphatic rings. The molecule has 0 unspecified atom stereocenters. The second kappa shape index (κ2) is 8.60. The second-order valence-electron chi connectivity index (χ2n) is 7.63. The summed E-state index contributed by atoms with van der Waals surface area (Å²) in [7, 11) is 0. The predicted molar refractivity (Wildman–Crippen MR) is 124 cm³/mol. The van der Waals surface area contributed by atoms with Crippen LogP contribution < -0.4 is 10.9 Å². The zero-order valence-electron chi connectivity index (χ0n) is 18.1. The van der Waals surface area contributed by atoms with Gasteiger partial charge >= 0.3 is 0 Å². The lowest BCUT2D eigenvalue weighted by atomic mass is 10.1. The van der Waals surface area contributed by atoms with Crippen LogP contribution in [-0.2, 0) is 17.8 Å². The van der Waals surface area contributed by atoms with Crippen LogP contribution in [0.3, 0.4) is 0 Å². The van der Waals surface area contributed by atoms with Crippen LogP contribution in [0.25, 0.3) is 16.7 Å². The zero-order chi connectivity index (χ0) is 22.0. The van der Waals surface area contributed by atoms with Crippen molar-refractivity contribution in [1.82, 2.24) is 14.1 Å². The molecule has 0 saturated heterocycles. The maximum atomic E-state index is 13.2. The van der Waals surface area contributed by atoms with Crippen molar-refractivity contribution in [3.63, 3.8) is 0 Å². The molecule has 31 heavy (non-hydrogen) atoms. The lowest BCUT2D eigenvalue weighted by Gasteiger charge is -2.11. The SMILES string of the molecule is CCc1ccccc1NC(=O)CCn1cnc2c(c(C)c(C)n2-c2ccccc2)c1=O. The van der Waals surface area contributed by atoms with Crippen molar-refractivity contribution < 1.29 is 4.79 Å². The number of aryl methyl sites for hydroxylation is 3. The van der Waals surface area contributed by atoms with Crippen molar-refractivity contribution in [1.29, 1.82) is 0 Å². The smallest absolute Gasteiger partial charge is 0.263 e. The van der Waals surface area contributed by atoms with Crippen molar-refractivity contribution in [2.75, 3.05) is 5.32 Å². The number of carbonyl (C=O) groups excluding carboxylic acids is 1. The molecule has 0 radical (unpaired) electrons. The molecule has 0 spiro atoms. The van der Waals surface area contributed by atoms with E-state index in [0.29, 0.717) is 11.0 Å². The van der Waals surface area contributed by atoms with Crippen LogP contribution in [0.1, 0.15) is 30.2 Å². The lowest BCUT2D eigenvalue weighted by Crippen LogP contribution is -2.24. The summed E-state index contributed by atoms with van der Waals surface area (Å²) in [5.74, 6) is -0.123. The van der Waals surface area contributed by atoms with E-state index in [1.807, 2.05) is 73.0 Å². The third-order valence-electron chi connectivity index (χ3n) is 5.75. The predicted octanol–water partition coefficient (Wildman–Crippen LogP) is 4.40. The highest BCUT2D eigenvalue weighted by Crippen LogP contribution is 2.24. The largest absolute Gasteiger partial charge is 0.326 e. The van der Waals surface area contributed by atoms with Gasteiger partial charge in [-0.25, -0.2) is 4.98 Å². The van der Waals surface area contributed by atoms with Crippen molar-refractivity contribution >= 4 is 22.6 Å². The highest BCUT2D eigenvalue weighted by atomic mass is 16.2. The Hall–Kier alpha value is -3.67. The second-order valence-corrected chi connectivity index (χ2v) is 7.63. The molecule has 2 aromatic heterocycles. The van der Waals surface area contributed by atoms with E-state index in [-0.39, 0.29) is 24.4 Å². The van der Waals surface area contributed by atoms with Crippen LogP contribution in [-0.4, -0.2) is 20.0 Å². The normalized spacial score (nSPS) is 11.1. The number of hydrogen-bond acceptors (Lipinski definition) is 3. The highest BCUT2D eigenvalue weighted by Gasteiger charge is 2.18. The number of benzene rings is 2. The summed E-state index contributed by atoms with van der Waals surface area (Å²) in [6, 6.07) is 17.6. The van der Waals surface area contributed by atoms with Gasteiger partial charge in [-0.05, 0) is 49.6 Å². The van der Waals surface area contributed by atoms with Gasteiger partial charge in [-0.1, -0.05) is 43.3 Å². The molecule has 158 valence electrons. The first-order chi connectivity index (χ1) is 15.0. The van der Waals surface area contributed by atoms with Gasteiger partial charge < -0.3 is 5.32 Å². The van der Waals surface area contributed by atoms with Gasteiger partial charge in [-0.3, -0.25) is 18.7 Å². The lowest BCUT2D eigenvalue weighted by molar-refractivity contribution is -0.116. The topological polar surface area (TPSA) is 68.9 Å². The molecule has 0 bridgehead atoms. The quantitative estimate of drug-likeness (QED) is 0.509. The van der Waals surface area contributed by atoms with E-state index >= 15 is 0 Å². The number of nitrogens with one attached hydrogen (secondary N) is 1. The van der Waals surface area contributed by atoms with Crippen molar-refractivity contribution in [2.24, 2.45) is 0 Å². The molecule has 4 aromatic rings. The van der Waals surface area contributed by atoms with Crippen molar-refractivity contribution in [2.45, 2.75) is 40.2 Å². The van der Waals surface area contributed by atoms with E-state index < -0.39 is 0 Å². The molecule has 2 aromatic carbocycles. The summed E-state index contributed by atoms with van der Waals surface area (Å²) in [5, 5.41) is 3.55. The Bertz CT molecular complexity index is 1300. The summed E-state index contributed by atoms with van der Waals surface area (Å²) in [4.78, 5) is 30.3. The van der Waals surface area contributed by atoms with Gasteiger partial charge in [-0.2, -0.15) is 0 Å². The molecule has 0 saturated carbocycles. The van der Waals surface area contributed by atoms with E-state index in [2.05, 4.69) is 17.2 Å². The molecule has 2 heterocycles. The third kappa shape index (κ3) is 3.89. The van der Waals surface area contributed by atoms with Gasteiger partial charge in [0.15, 0.2) is 5.65 Å². The maximum Gasteiger partial charge on any atom is 0.263 e. The van der Waals surface area contributed by atoms with Gasteiger partial charge in [0.25, 0.3) is 5.56 Å². The van der Waals surface area contributed by atoms with E-state index in [1.165, 1.54) is 10.9 Å². The fourth-order valence-corrected chi connectivity index (χ4v) is 3.92. The number of amides is 1. The van der Waals surface area contributed by atoms with Crippen LogP contribution >= 0.6 is 0 Å². The Labute approximate surface area is 181 Å². The number of carbonyl (C=O) groups is 1. The first-order valence-corrected chi connectivity index (χ1v) is 10.5. The Morgan fingerprint density at radius 1 is 1.03 bits per heavy atom. The molecule has 6 nitrogen and oxygen atoms in total. The minimum absolute atomic E-state index is 0.123. The molecule has 0 aliphatic carbocycles. The summed E-state index contributed by atoms with van der Waals surface area (Å²) in [6.45, 7) is 6.26. The number of rotatable bonds is 6. The Balaban J connectivity index is 1.60. The summed E-state index contributed by atoms with van der Waals surface area (Å²) in [6.07, 6.45) is 2.58. The number of aromatic nitrogens is 3. The zero-order valence-corrected chi connectivity index (χ0v) is 18.1. The van der Waals surface area contributed by atoms with Crippen LogP contribution in [0.4, 0.5) is 5.69 Å². The minimum Gasteiger partial charge on any atom is -0.326 e.